The van der Waals surface area contributed by atoms with E-state index >= 15 is 0 Å². The zero-order valence-electron chi connectivity index (χ0n) is 12.1. The smallest absolute Gasteiger partial charge is 0.314 e. The second-order valence-corrected chi connectivity index (χ2v) is 4.50. The quantitative estimate of drug-likeness (QED) is 0.681. The normalized spacial score (nSPS) is 12.4. The van der Waals surface area contributed by atoms with Gasteiger partial charge >= 0.3 is 5.97 Å². The van der Waals surface area contributed by atoms with Crippen molar-refractivity contribution in [3.8, 4) is 0 Å². The number of carbonyl (C=O) groups is 1. The van der Waals surface area contributed by atoms with E-state index < -0.39 is 0 Å². The molecule has 0 fully saturated rings. The Kier molecular flexibility index (Phi) is 7.87. The lowest BCUT2D eigenvalue weighted by Crippen LogP contribution is -2.36. The summed E-state index contributed by atoms with van der Waals surface area (Å²) in [5.74, 6) is -0.624. The zero-order valence-corrected chi connectivity index (χ0v) is 12.1. The molecule has 0 saturated heterocycles. The molecule has 5 nitrogen and oxygen atoms in total. The number of rotatable bonds is 9. The first-order valence-electron chi connectivity index (χ1n) is 6.67. The molecule has 0 aliphatic rings. The molecule has 0 spiro atoms. The number of esters is 1. The third-order valence-electron chi connectivity index (χ3n) is 3.16. The number of aliphatic hydroxyl groups excluding tert-OH is 1. The number of hydrogen-bond acceptors (Lipinski definition) is 5. The Morgan fingerprint density at radius 3 is 2.50 bits per heavy atom. The summed E-state index contributed by atoms with van der Waals surface area (Å²) in [5, 5.41) is 9.12. The van der Waals surface area contributed by atoms with E-state index in [0.29, 0.717) is 26.2 Å². The molecule has 0 bridgehead atoms. The number of methoxy groups -OCH3 is 2. The Hall–Kier alpha value is -1.43. The van der Waals surface area contributed by atoms with E-state index in [1.54, 1.807) is 7.11 Å². The fraction of sp³-hybridized carbons (Fsp3) is 0.533. The number of aliphatic hydroxyl groups is 1. The molecule has 0 aromatic heterocycles. The van der Waals surface area contributed by atoms with Crippen LogP contribution in [0.25, 0.3) is 0 Å². The van der Waals surface area contributed by atoms with Crippen molar-refractivity contribution < 1.29 is 19.4 Å². The van der Waals surface area contributed by atoms with Crippen molar-refractivity contribution in [3.05, 3.63) is 35.9 Å². The molecular formula is C15H23NO4. The van der Waals surface area contributed by atoms with Gasteiger partial charge in [0.25, 0.3) is 0 Å². The lowest BCUT2D eigenvalue weighted by Gasteiger charge is -2.25. The molecule has 0 aliphatic heterocycles. The summed E-state index contributed by atoms with van der Waals surface area (Å²) < 4.78 is 9.94. The first kappa shape index (κ1) is 16.6. The number of carbonyl (C=O) groups excluding carboxylic acids is 1. The van der Waals surface area contributed by atoms with Gasteiger partial charge in [0.05, 0.1) is 26.2 Å². The van der Waals surface area contributed by atoms with Crippen LogP contribution >= 0.6 is 0 Å². The van der Waals surface area contributed by atoms with Gasteiger partial charge in [-0.2, -0.15) is 0 Å². The van der Waals surface area contributed by atoms with Gasteiger partial charge < -0.3 is 14.6 Å². The fourth-order valence-corrected chi connectivity index (χ4v) is 2.06. The van der Waals surface area contributed by atoms with Crippen LogP contribution in [0.3, 0.4) is 0 Å². The van der Waals surface area contributed by atoms with Crippen molar-refractivity contribution in [2.45, 2.75) is 5.92 Å². The summed E-state index contributed by atoms with van der Waals surface area (Å²) >= 11 is 0. The molecule has 5 heteroatoms. The SMILES string of the molecule is COCCN(CCO)CC(C(=O)OC)c1ccccc1. The van der Waals surface area contributed by atoms with Gasteiger partial charge in [0.2, 0.25) is 0 Å². The largest absolute Gasteiger partial charge is 0.469 e. The Morgan fingerprint density at radius 1 is 1.25 bits per heavy atom. The van der Waals surface area contributed by atoms with Crippen molar-refractivity contribution in [3.63, 3.8) is 0 Å². The van der Waals surface area contributed by atoms with Crippen LogP contribution in [-0.2, 0) is 14.3 Å². The maximum Gasteiger partial charge on any atom is 0.314 e. The van der Waals surface area contributed by atoms with E-state index in [1.807, 2.05) is 35.2 Å². The van der Waals surface area contributed by atoms with E-state index in [0.717, 1.165) is 5.56 Å². The van der Waals surface area contributed by atoms with Crippen molar-refractivity contribution in [2.24, 2.45) is 0 Å². The molecule has 1 aromatic carbocycles. The summed E-state index contributed by atoms with van der Waals surface area (Å²) in [6.07, 6.45) is 0. The minimum absolute atomic E-state index is 0.0480. The average molecular weight is 281 g/mol. The third kappa shape index (κ3) is 5.28. The zero-order chi connectivity index (χ0) is 14.8. The molecule has 1 aromatic rings. The molecular weight excluding hydrogens is 258 g/mol. The monoisotopic (exact) mass is 281 g/mol. The van der Waals surface area contributed by atoms with Crippen LogP contribution in [0.1, 0.15) is 11.5 Å². The van der Waals surface area contributed by atoms with E-state index in [2.05, 4.69) is 0 Å². The highest BCUT2D eigenvalue weighted by Gasteiger charge is 2.23. The molecule has 0 heterocycles. The summed E-state index contributed by atoms with van der Waals surface area (Å²) in [5.41, 5.74) is 0.916. The highest BCUT2D eigenvalue weighted by Crippen LogP contribution is 2.18. The molecule has 0 aliphatic carbocycles. The minimum atomic E-state index is -0.357. The van der Waals surface area contributed by atoms with Crippen LogP contribution < -0.4 is 0 Å². The maximum atomic E-state index is 12.0. The molecule has 20 heavy (non-hydrogen) atoms. The molecule has 0 saturated carbocycles. The molecule has 0 radical (unpaired) electrons. The van der Waals surface area contributed by atoms with Gasteiger partial charge in [-0.25, -0.2) is 0 Å². The van der Waals surface area contributed by atoms with Crippen LogP contribution in [0.4, 0.5) is 0 Å². The standard InChI is InChI=1S/C15H23NO4/c1-19-11-9-16(8-10-17)12-14(15(18)20-2)13-6-4-3-5-7-13/h3-7,14,17H,8-12H2,1-2H3. The Bertz CT molecular complexity index is 383. The van der Waals surface area contributed by atoms with Gasteiger partial charge in [0, 0.05) is 26.7 Å². The Labute approximate surface area is 120 Å². The lowest BCUT2D eigenvalue weighted by atomic mass is 9.98. The van der Waals surface area contributed by atoms with Crippen molar-refractivity contribution in [1.82, 2.24) is 4.90 Å². The fourth-order valence-electron chi connectivity index (χ4n) is 2.06. The Morgan fingerprint density at radius 2 is 1.95 bits per heavy atom. The molecule has 112 valence electrons. The predicted octanol–water partition coefficient (Wildman–Crippen LogP) is 0.884. The molecule has 1 unspecified atom stereocenters. The van der Waals surface area contributed by atoms with Gasteiger partial charge in [-0.05, 0) is 5.56 Å². The molecule has 1 N–H and O–H groups in total. The van der Waals surface area contributed by atoms with Crippen molar-refractivity contribution in [1.29, 1.82) is 0 Å². The average Bonchev–Trinajstić information content (AvgIpc) is 2.50. The van der Waals surface area contributed by atoms with Crippen LogP contribution in [-0.4, -0.2) is 63.0 Å². The number of benzene rings is 1. The highest BCUT2D eigenvalue weighted by atomic mass is 16.5. The second kappa shape index (κ2) is 9.47. The first-order valence-corrected chi connectivity index (χ1v) is 6.67. The topological polar surface area (TPSA) is 59.0 Å². The number of ether oxygens (including phenoxy) is 2. The van der Waals surface area contributed by atoms with E-state index in [1.165, 1.54) is 7.11 Å². The predicted molar refractivity (Wildman–Crippen MR) is 76.6 cm³/mol. The van der Waals surface area contributed by atoms with Gasteiger partial charge in [-0.1, -0.05) is 30.3 Å². The van der Waals surface area contributed by atoms with Gasteiger partial charge in [0.1, 0.15) is 0 Å². The second-order valence-electron chi connectivity index (χ2n) is 4.50. The van der Waals surface area contributed by atoms with E-state index in [-0.39, 0.29) is 18.5 Å². The van der Waals surface area contributed by atoms with Crippen molar-refractivity contribution >= 4 is 5.97 Å². The van der Waals surface area contributed by atoms with E-state index in [4.69, 9.17) is 14.6 Å². The summed E-state index contributed by atoms with van der Waals surface area (Å²) in [6, 6.07) is 9.53. The molecule has 1 rings (SSSR count). The summed E-state index contributed by atoms with van der Waals surface area (Å²) in [4.78, 5) is 14.0. The van der Waals surface area contributed by atoms with Gasteiger partial charge in [-0.15, -0.1) is 0 Å². The van der Waals surface area contributed by atoms with Crippen LogP contribution in [0.15, 0.2) is 30.3 Å². The minimum Gasteiger partial charge on any atom is -0.469 e. The number of hydrogen-bond donors (Lipinski definition) is 1. The van der Waals surface area contributed by atoms with Crippen LogP contribution in [0.5, 0.6) is 0 Å². The summed E-state index contributed by atoms with van der Waals surface area (Å²) in [6.45, 7) is 2.27. The van der Waals surface area contributed by atoms with Gasteiger partial charge in [-0.3, -0.25) is 9.69 Å². The molecule has 1 atom stereocenters. The van der Waals surface area contributed by atoms with Crippen molar-refractivity contribution in [2.75, 3.05) is 47.1 Å². The molecule has 0 amide bonds. The third-order valence-corrected chi connectivity index (χ3v) is 3.16. The lowest BCUT2D eigenvalue weighted by molar-refractivity contribution is -0.143. The Balaban J connectivity index is 2.79. The first-order chi connectivity index (χ1) is 9.72. The number of nitrogens with zero attached hydrogens (tertiary/aromatic N) is 1. The van der Waals surface area contributed by atoms with Gasteiger partial charge in [0.15, 0.2) is 0 Å². The maximum absolute atomic E-state index is 12.0. The van der Waals surface area contributed by atoms with E-state index in [9.17, 15) is 4.79 Å². The summed E-state index contributed by atoms with van der Waals surface area (Å²) in [7, 11) is 3.02. The van der Waals surface area contributed by atoms with Crippen LogP contribution in [0, 0.1) is 0 Å². The highest BCUT2D eigenvalue weighted by molar-refractivity contribution is 5.78. The van der Waals surface area contributed by atoms with Crippen LogP contribution in [0.2, 0.25) is 0 Å².